The molecule has 1 saturated heterocycles. The molecule has 0 aromatic heterocycles. The second kappa shape index (κ2) is 20.8. The van der Waals surface area contributed by atoms with E-state index in [0.717, 1.165) is 46.9 Å². The average molecular weight is 715 g/mol. The fourth-order valence-electron chi connectivity index (χ4n) is 5.10. The Morgan fingerprint density at radius 1 is 0.542 bits per heavy atom. The van der Waals surface area contributed by atoms with E-state index >= 15 is 0 Å². The summed E-state index contributed by atoms with van der Waals surface area (Å²) in [7, 11) is 1.66. The molecule has 1 aliphatic rings. The van der Waals surface area contributed by atoms with Crippen LogP contribution in [0, 0.1) is 20.8 Å². The molecule has 0 radical (unpaired) electrons. The molecule has 0 atom stereocenters. The van der Waals surface area contributed by atoms with Crippen LogP contribution in [0.25, 0.3) is 5.41 Å². The molecule has 0 unspecified atom stereocenters. The van der Waals surface area contributed by atoms with Crippen molar-refractivity contribution in [1.82, 2.24) is 0 Å². The summed E-state index contributed by atoms with van der Waals surface area (Å²) in [6, 6.07) is 43.9. The molecule has 5 heteroatoms. The third-order valence-corrected chi connectivity index (χ3v) is 7.55. The summed E-state index contributed by atoms with van der Waals surface area (Å²) in [6.45, 7) is 21.4. The minimum Gasteiger partial charge on any atom is -0.496 e. The molecule has 0 amide bonds. The summed E-state index contributed by atoms with van der Waals surface area (Å²) in [5, 5.41) is 11.1. The number of anilines is 2. The van der Waals surface area contributed by atoms with Crippen LogP contribution in [0.5, 0.6) is 5.75 Å². The Morgan fingerprint density at radius 3 is 1.27 bits per heavy atom. The van der Waals surface area contributed by atoms with Crippen LogP contribution in [0.15, 0.2) is 133 Å². The molecule has 4 nitrogen and oxygen atoms in total. The molecule has 0 spiro atoms. The van der Waals surface area contributed by atoms with E-state index < -0.39 is 0 Å². The second-order valence-electron chi connectivity index (χ2n) is 11.8. The van der Waals surface area contributed by atoms with Crippen molar-refractivity contribution < 1.29 is 30.9 Å². The first kappa shape index (κ1) is 39.8. The van der Waals surface area contributed by atoms with Crippen molar-refractivity contribution in [2.75, 3.05) is 30.0 Å². The zero-order valence-corrected chi connectivity index (χ0v) is 31.6. The van der Waals surface area contributed by atoms with Gasteiger partial charge in [-0.1, -0.05) is 76.2 Å². The summed E-state index contributed by atoms with van der Waals surface area (Å²) in [5.74, 6) is 1.81. The van der Waals surface area contributed by atoms with Gasteiger partial charge in [0, 0.05) is 11.6 Å². The molecule has 48 heavy (non-hydrogen) atoms. The molecule has 0 saturated carbocycles. The van der Waals surface area contributed by atoms with Crippen LogP contribution in [-0.2, 0) is 26.2 Å². The van der Waals surface area contributed by atoms with Crippen LogP contribution < -0.4 is 14.5 Å². The van der Waals surface area contributed by atoms with Crippen molar-refractivity contribution in [1.29, 1.82) is 0 Å². The molecular weight excluding hydrogens is 666 g/mol. The Labute approximate surface area is 309 Å². The Morgan fingerprint density at radius 2 is 0.917 bits per heavy atom. The zero-order valence-electron chi connectivity index (χ0n) is 29.1. The number of para-hydroxylation sites is 3. The normalized spacial score (nSPS) is 11.7. The van der Waals surface area contributed by atoms with Gasteiger partial charge in [-0.05, 0) is 53.9 Å². The van der Waals surface area contributed by atoms with Crippen molar-refractivity contribution in [3.05, 3.63) is 187 Å². The molecule has 1 aliphatic heterocycles. The number of hydrogen-bond acceptors (Lipinski definition) is 1. The minimum absolute atomic E-state index is 0. The van der Waals surface area contributed by atoms with E-state index in [2.05, 4.69) is 71.6 Å². The van der Waals surface area contributed by atoms with Crippen molar-refractivity contribution in [2.24, 2.45) is 0 Å². The average Bonchev–Trinajstić information content (AvgIpc) is 3.46. The summed E-state index contributed by atoms with van der Waals surface area (Å²) in [6.07, 6.45) is 0. The van der Waals surface area contributed by atoms with Gasteiger partial charge in [-0.3, -0.25) is 0 Å². The SMILES string of the molecule is COc1ccccc1N1CCN(c2c(C(C)C)cccc2C(C)C)C1=[N-].[CH2-]c1ccccc1.[CH2-]c1ccccc1.[CH2-]c1ccccc1.[Zr+4]. The van der Waals surface area contributed by atoms with Gasteiger partial charge >= 0.3 is 26.2 Å². The quantitative estimate of drug-likeness (QED) is 0.170. The third kappa shape index (κ3) is 12.0. The second-order valence-corrected chi connectivity index (χ2v) is 11.8. The fraction of sp³-hybridized carbons (Fsp3) is 0.209. The molecule has 1 fully saturated rings. The number of rotatable bonds is 5. The van der Waals surface area contributed by atoms with E-state index in [4.69, 9.17) is 4.74 Å². The Kier molecular flexibility index (Phi) is 17.3. The predicted molar refractivity (Wildman–Crippen MR) is 203 cm³/mol. The molecule has 5 aromatic rings. The van der Waals surface area contributed by atoms with E-state index in [9.17, 15) is 5.41 Å². The maximum Gasteiger partial charge on any atom is 4.00 e. The maximum atomic E-state index is 11.1. The number of nitrogens with zero attached hydrogens (tertiary/aromatic N) is 3. The van der Waals surface area contributed by atoms with E-state index in [0.29, 0.717) is 11.8 Å². The Balaban J connectivity index is 0.000000292. The first-order chi connectivity index (χ1) is 22.6. The van der Waals surface area contributed by atoms with E-state index in [1.807, 2.05) is 120 Å². The number of guanidine groups is 1. The fourth-order valence-corrected chi connectivity index (χ4v) is 5.10. The Bertz CT molecular complexity index is 1510. The first-order valence-corrected chi connectivity index (χ1v) is 16.1. The van der Waals surface area contributed by atoms with Crippen LogP contribution in [-0.4, -0.2) is 26.2 Å². The van der Waals surface area contributed by atoms with Crippen LogP contribution >= 0.6 is 0 Å². The smallest absolute Gasteiger partial charge is 0.496 e. The van der Waals surface area contributed by atoms with Crippen molar-refractivity contribution in [2.45, 2.75) is 39.5 Å². The van der Waals surface area contributed by atoms with Gasteiger partial charge < -0.3 is 19.9 Å². The largest absolute Gasteiger partial charge is 4.00 e. The summed E-state index contributed by atoms with van der Waals surface area (Å²) in [5.41, 5.74) is 7.79. The maximum absolute atomic E-state index is 11.1. The number of ether oxygens (including phenoxy) is 1. The molecule has 0 N–H and O–H groups in total. The molecule has 6 rings (SSSR count). The van der Waals surface area contributed by atoms with E-state index in [1.54, 1.807) is 7.11 Å². The zero-order chi connectivity index (χ0) is 34.2. The predicted octanol–water partition coefficient (Wildman–Crippen LogP) is 10.8. The number of benzene rings is 5. The molecule has 246 valence electrons. The third-order valence-electron chi connectivity index (χ3n) is 7.55. The monoisotopic (exact) mass is 713 g/mol. The van der Waals surface area contributed by atoms with Gasteiger partial charge in [0.2, 0.25) is 0 Å². The first-order valence-electron chi connectivity index (χ1n) is 16.1. The topological polar surface area (TPSA) is 38.0 Å². The molecule has 0 bridgehead atoms. The van der Waals surface area contributed by atoms with E-state index in [-0.39, 0.29) is 32.2 Å². The van der Waals surface area contributed by atoms with Gasteiger partial charge in [-0.15, -0.1) is 36.4 Å². The minimum atomic E-state index is 0. The summed E-state index contributed by atoms with van der Waals surface area (Å²) < 4.78 is 5.49. The molecule has 0 aliphatic carbocycles. The van der Waals surface area contributed by atoms with Crippen molar-refractivity contribution >= 4 is 17.3 Å². The summed E-state index contributed by atoms with van der Waals surface area (Å²) >= 11 is 0. The standard InChI is InChI=1S/C22H28N3O.3C7H7.Zr/c1-15(2)17-9-8-10-18(16(3)4)21(17)25-14-13-24(22(25)23)19-11-6-7-12-20(19)26-5;3*1-7-5-3-2-4-6-7;/h6-12,15-16H,13-14H2,1-5H3;3*2-6H,1H2;/q4*-1;+4. The van der Waals surface area contributed by atoms with Gasteiger partial charge in [0.1, 0.15) is 5.75 Å². The van der Waals surface area contributed by atoms with Crippen LogP contribution in [0.3, 0.4) is 0 Å². The van der Waals surface area contributed by atoms with Crippen LogP contribution in [0.4, 0.5) is 11.4 Å². The van der Waals surface area contributed by atoms with Crippen molar-refractivity contribution in [3.8, 4) is 5.75 Å². The van der Waals surface area contributed by atoms with Crippen LogP contribution in [0.2, 0.25) is 0 Å². The van der Waals surface area contributed by atoms with E-state index in [1.165, 1.54) is 11.1 Å². The summed E-state index contributed by atoms with van der Waals surface area (Å²) in [4.78, 5) is 3.98. The Hall–Kier alpha value is -4.34. The number of hydrogen-bond donors (Lipinski definition) is 0. The van der Waals surface area contributed by atoms with Crippen LogP contribution in [0.1, 0.15) is 67.3 Å². The molecular formula is C43H49N3OZr. The van der Waals surface area contributed by atoms with Gasteiger partial charge in [0.15, 0.2) is 0 Å². The van der Waals surface area contributed by atoms with Gasteiger partial charge in [0.05, 0.1) is 7.11 Å². The van der Waals surface area contributed by atoms with Gasteiger partial charge in [0.25, 0.3) is 0 Å². The molecule has 1 heterocycles. The molecule has 5 aromatic carbocycles. The van der Waals surface area contributed by atoms with Gasteiger partial charge in [-0.25, -0.2) is 0 Å². The number of methoxy groups -OCH3 is 1. The van der Waals surface area contributed by atoms with Crippen molar-refractivity contribution in [3.63, 3.8) is 0 Å². The van der Waals surface area contributed by atoms with Gasteiger partial charge in [-0.2, -0.15) is 73.9 Å².